The maximum atomic E-state index is 13.6. The molecule has 1 heterocycles. The van der Waals surface area contributed by atoms with Crippen molar-refractivity contribution in [1.29, 1.82) is 0 Å². The second kappa shape index (κ2) is 7.95. The normalized spacial score (nSPS) is 16.7. The Morgan fingerprint density at radius 3 is 2.57 bits per heavy atom. The van der Waals surface area contributed by atoms with Crippen LogP contribution >= 0.6 is 0 Å². The number of amides is 1. The first-order chi connectivity index (χ1) is 9.56. The van der Waals surface area contributed by atoms with Crippen molar-refractivity contribution in [2.75, 3.05) is 13.1 Å². The van der Waals surface area contributed by atoms with E-state index in [4.69, 9.17) is 11.2 Å². The van der Waals surface area contributed by atoms with Gasteiger partial charge in [-0.25, -0.2) is 4.39 Å². The summed E-state index contributed by atoms with van der Waals surface area (Å²) in [5, 5.41) is 0. The van der Waals surface area contributed by atoms with Gasteiger partial charge in [-0.3, -0.25) is 4.79 Å². The van der Waals surface area contributed by atoms with Gasteiger partial charge in [-0.15, -0.1) is 6.42 Å². The van der Waals surface area contributed by atoms with Crippen molar-refractivity contribution in [3.8, 4) is 12.3 Å². The molecule has 1 saturated heterocycles. The van der Waals surface area contributed by atoms with Gasteiger partial charge in [0.25, 0.3) is 0 Å². The number of piperidine rings is 1. The number of terminal acetylenes is 1. The maximum absolute atomic E-state index is 13.6. The SMILES string of the molecule is C#CC1(OCc2ccccc2F)CCN(C(C)=O)CC1.[NaH]. The fourth-order valence-electron chi connectivity index (χ4n) is 2.34. The molecule has 108 valence electrons. The van der Waals surface area contributed by atoms with Crippen molar-refractivity contribution < 1.29 is 13.9 Å². The third-order valence-corrected chi connectivity index (χ3v) is 3.74. The zero-order chi connectivity index (χ0) is 14.6. The molecule has 2 rings (SSSR count). The molecule has 0 atom stereocenters. The molecule has 0 aliphatic carbocycles. The summed E-state index contributed by atoms with van der Waals surface area (Å²) in [6.07, 6.45) is 6.75. The van der Waals surface area contributed by atoms with E-state index in [1.165, 1.54) is 6.07 Å². The van der Waals surface area contributed by atoms with Gasteiger partial charge >= 0.3 is 29.6 Å². The van der Waals surface area contributed by atoms with Crippen molar-refractivity contribution in [1.82, 2.24) is 4.90 Å². The van der Waals surface area contributed by atoms with Crippen LogP contribution in [0.4, 0.5) is 4.39 Å². The van der Waals surface area contributed by atoms with E-state index in [1.54, 1.807) is 30.0 Å². The van der Waals surface area contributed by atoms with E-state index < -0.39 is 5.60 Å². The zero-order valence-electron chi connectivity index (χ0n) is 11.6. The minimum atomic E-state index is -0.700. The molecule has 1 aliphatic heterocycles. The number of carbonyl (C=O) groups excluding carboxylic acids is 1. The first-order valence-corrected chi connectivity index (χ1v) is 6.67. The molecule has 1 aromatic rings. The van der Waals surface area contributed by atoms with Gasteiger partial charge in [-0.2, -0.15) is 0 Å². The number of nitrogens with zero attached hydrogens (tertiary/aromatic N) is 1. The van der Waals surface area contributed by atoms with Crippen LogP contribution in [0.15, 0.2) is 24.3 Å². The fourth-order valence-corrected chi connectivity index (χ4v) is 2.34. The fraction of sp³-hybridized carbons (Fsp3) is 0.438. The molecule has 0 N–H and O–H groups in total. The Labute approximate surface area is 147 Å². The number of hydrogen-bond acceptors (Lipinski definition) is 2. The van der Waals surface area contributed by atoms with Crippen LogP contribution in [0.1, 0.15) is 25.3 Å². The number of likely N-dealkylation sites (tertiary alicyclic amines) is 1. The van der Waals surface area contributed by atoms with Gasteiger partial charge in [0.05, 0.1) is 6.61 Å². The molecule has 0 unspecified atom stereocenters. The van der Waals surface area contributed by atoms with Crippen LogP contribution in [-0.4, -0.2) is 59.1 Å². The number of benzene rings is 1. The first kappa shape index (κ1) is 18.2. The van der Waals surface area contributed by atoms with Crippen LogP contribution in [0.25, 0.3) is 0 Å². The topological polar surface area (TPSA) is 29.5 Å². The summed E-state index contributed by atoms with van der Waals surface area (Å²) in [4.78, 5) is 13.1. The summed E-state index contributed by atoms with van der Waals surface area (Å²) in [7, 11) is 0. The summed E-state index contributed by atoms with van der Waals surface area (Å²) in [6.45, 7) is 2.85. The van der Waals surface area contributed by atoms with Crippen LogP contribution < -0.4 is 0 Å². The van der Waals surface area contributed by atoms with Crippen LogP contribution in [0, 0.1) is 18.2 Å². The number of ether oxygens (including phenoxy) is 1. The van der Waals surface area contributed by atoms with Crippen LogP contribution in [-0.2, 0) is 16.1 Å². The van der Waals surface area contributed by atoms with Crippen LogP contribution in [0.2, 0.25) is 0 Å². The van der Waals surface area contributed by atoms with Gasteiger partial charge in [0.15, 0.2) is 0 Å². The quantitative estimate of drug-likeness (QED) is 0.628. The Balaban J connectivity index is 0.00000220. The predicted octanol–water partition coefficient (Wildman–Crippen LogP) is 1.71. The molecule has 1 amide bonds. The van der Waals surface area contributed by atoms with Gasteiger partial charge in [0, 0.05) is 38.4 Å². The molecule has 0 radical (unpaired) electrons. The van der Waals surface area contributed by atoms with Gasteiger partial charge in [-0.05, 0) is 6.07 Å². The molecule has 5 heteroatoms. The van der Waals surface area contributed by atoms with Crippen molar-refractivity contribution in [3.05, 3.63) is 35.6 Å². The molecule has 0 saturated carbocycles. The third-order valence-electron chi connectivity index (χ3n) is 3.74. The van der Waals surface area contributed by atoms with E-state index in [0.29, 0.717) is 31.5 Å². The molecule has 3 nitrogen and oxygen atoms in total. The van der Waals surface area contributed by atoms with Crippen molar-refractivity contribution in [2.45, 2.75) is 32.0 Å². The average molecular weight is 299 g/mol. The summed E-state index contributed by atoms with van der Waals surface area (Å²) >= 11 is 0. The number of carbonyl (C=O) groups is 1. The van der Waals surface area contributed by atoms with E-state index in [9.17, 15) is 9.18 Å². The van der Waals surface area contributed by atoms with Crippen molar-refractivity contribution >= 4 is 35.5 Å². The Hall–Kier alpha value is -0.860. The van der Waals surface area contributed by atoms with E-state index in [0.717, 1.165) is 0 Å². The summed E-state index contributed by atoms with van der Waals surface area (Å²) in [5.74, 6) is 2.44. The molecule has 1 aromatic carbocycles. The van der Waals surface area contributed by atoms with Crippen LogP contribution in [0.3, 0.4) is 0 Å². The molecule has 1 fully saturated rings. The molecule has 21 heavy (non-hydrogen) atoms. The zero-order valence-corrected chi connectivity index (χ0v) is 11.6. The van der Waals surface area contributed by atoms with Crippen molar-refractivity contribution in [2.24, 2.45) is 0 Å². The third kappa shape index (κ3) is 4.55. The first-order valence-electron chi connectivity index (χ1n) is 6.67. The molecule has 1 aliphatic rings. The van der Waals surface area contributed by atoms with E-state index in [2.05, 4.69) is 5.92 Å². The minimum absolute atomic E-state index is 0. The summed E-state index contributed by atoms with van der Waals surface area (Å²) in [5.41, 5.74) is -0.204. The number of hydrogen-bond donors (Lipinski definition) is 0. The molecular weight excluding hydrogens is 280 g/mol. The van der Waals surface area contributed by atoms with Crippen LogP contribution in [0.5, 0.6) is 0 Å². The molecular formula is C16H19FNNaO2. The Bertz CT molecular complexity index is 533. The van der Waals surface area contributed by atoms with Crippen molar-refractivity contribution in [3.63, 3.8) is 0 Å². The summed E-state index contributed by atoms with van der Waals surface area (Å²) in [6, 6.07) is 6.49. The van der Waals surface area contributed by atoms with Gasteiger partial charge in [0.1, 0.15) is 11.4 Å². The molecule has 0 spiro atoms. The van der Waals surface area contributed by atoms with Gasteiger partial charge in [0.2, 0.25) is 5.91 Å². The monoisotopic (exact) mass is 299 g/mol. The van der Waals surface area contributed by atoms with E-state index in [-0.39, 0.29) is 47.9 Å². The number of halogens is 1. The standard InChI is InChI=1S/C16H18FNO2.Na.H/c1-3-16(8-10-18(11-9-16)13(2)19)20-12-14-6-4-5-7-15(14)17;;/h1,4-7H,8-12H2,2H3;;. The predicted molar refractivity (Wildman–Crippen MR) is 81.4 cm³/mol. The Morgan fingerprint density at radius 2 is 2.05 bits per heavy atom. The second-order valence-electron chi connectivity index (χ2n) is 5.02. The van der Waals surface area contributed by atoms with E-state index >= 15 is 0 Å². The average Bonchev–Trinajstić information content (AvgIpc) is 2.47. The summed E-state index contributed by atoms with van der Waals surface area (Å²) < 4.78 is 19.4. The Kier molecular flexibility index (Phi) is 6.89. The molecule has 0 bridgehead atoms. The van der Waals surface area contributed by atoms with Gasteiger partial charge < -0.3 is 9.64 Å². The molecule has 0 aromatic heterocycles. The Morgan fingerprint density at radius 1 is 1.43 bits per heavy atom. The van der Waals surface area contributed by atoms with Gasteiger partial charge in [-0.1, -0.05) is 24.1 Å². The van der Waals surface area contributed by atoms with E-state index in [1.807, 2.05) is 0 Å². The number of rotatable bonds is 3. The second-order valence-corrected chi connectivity index (χ2v) is 5.02.